The van der Waals surface area contributed by atoms with Crippen molar-refractivity contribution in [3.8, 4) is 17.1 Å². The van der Waals surface area contributed by atoms with Crippen LogP contribution in [0.1, 0.15) is 10.4 Å². The standard InChI is InChI=1S/C18H11ClN4O3/c19-13-3-1-2-10(6-13)11-4-5-15-14(7-11)16(24)22-18(21-15)23-9-12(8-20-23)17(25)26/h1-9H,(H,25,26)(H,21,22,24). The van der Waals surface area contributed by atoms with Crippen molar-refractivity contribution in [3.05, 3.63) is 75.8 Å². The number of benzene rings is 2. The first kappa shape index (κ1) is 16.0. The van der Waals surface area contributed by atoms with Crippen molar-refractivity contribution in [2.75, 3.05) is 0 Å². The summed E-state index contributed by atoms with van der Waals surface area (Å²) < 4.78 is 1.22. The molecule has 0 amide bonds. The lowest BCUT2D eigenvalue weighted by atomic mass is 10.0. The number of aromatic carboxylic acids is 1. The van der Waals surface area contributed by atoms with Crippen LogP contribution in [0.25, 0.3) is 28.0 Å². The van der Waals surface area contributed by atoms with Crippen LogP contribution in [0.2, 0.25) is 5.02 Å². The van der Waals surface area contributed by atoms with Gasteiger partial charge in [0, 0.05) is 11.2 Å². The highest BCUT2D eigenvalue weighted by molar-refractivity contribution is 6.30. The lowest BCUT2D eigenvalue weighted by Gasteiger charge is -2.06. The van der Waals surface area contributed by atoms with Crippen LogP contribution in [0, 0.1) is 0 Å². The highest BCUT2D eigenvalue weighted by Crippen LogP contribution is 2.24. The fourth-order valence-corrected chi connectivity index (χ4v) is 2.82. The van der Waals surface area contributed by atoms with Crippen LogP contribution in [0.3, 0.4) is 0 Å². The van der Waals surface area contributed by atoms with E-state index in [0.29, 0.717) is 15.9 Å². The minimum atomic E-state index is -1.11. The van der Waals surface area contributed by atoms with Gasteiger partial charge in [-0.3, -0.25) is 9.78 Å². The Hall–Kier alpha value is -3.45. The molecule has 7 nitrogen and oxygen atoms in total. The largest absolute Gasteiger partial charge is 0.478 e. The van der Waals surface area contributed by atoms with Crippen LogP contribution in [-0.4, -0.2) is 30.8 Å². The van der Waals surface area contributed by atoms with Crippen molar-refractivity contribution in [3.63, 3.8) is 0 Å². The van der Waals surface area contributed by atoms with Gasteiger partial charge in [-0.25, -0.2) is 14.5 Å². The first-order valence-corrected chi connectivity index (χ1v) is 7.97. The molecular formula is C18H11ClN4O3. The van der Waals surface area contributed by atoms with Gasteiger partial charge in [0.1, 0.15) is 0 Å². The summed E-state index contributed by atoms with van der Waals surface area (Å²) in [5.74, 6) is -0.962. The summed E-state index contributed by atoms with van der Waals surface area (Å²) in [6.07, 6.45) is 2.47. The van der Waals surface area contributed by atoms with Crippen molar-refractivity contribution in [1.29, 1.82) is 0 Å². The van der Waals surface area contributed by atoms with E-state index in [4.69, 9.17) is 16.7 Å². The fraction of sp³-hybridized carbons (Fsp3) is 0. The van der Waals surface area contributed by atoms with E-state index in [0.717, 1.165) is 11.1 Å². The normalized spacial score (nSPS) is 11.0. The van der Waals surface area contributed by atoms with Gasteiger partial charge in [-0.1, -0.05) is 29.8 Å². The zero-order chi connectivity index (χ0) is 18.3. The van der Waals surface area contributed by atoms with Crippen LogP contribution >= 0.6 is 11.6 Å². The molecule has 4 rings (SSSR count). The SMILES string of the molecule is O=C(O)c1cnn(-c2nc3ccc(-c4cccc(Cl)c4)cc3c(=O)[nH]2)c1. The second-order valence-corrected chi connectivity index (χ2v) is 6.05. The molecule has 8 heteroatoms. The molecule has 2 heterocycles. The topological polar surface area (TPSA) is 101 Å². The molecule has 4 aromatic rings. The maximum absolute atomic E-state index is 12.5. The Morgan fingerprint density at radius 2 is 1.96 bits per heavy atom. The minimum Gasteiger partial charge on any atom is -0.478 e. The Kier molecular flexibility index (Phi) is 3.78. The molecule has 128 valence electrons. The number of nitrogens with zero attached hydrogens (tertiary/aromatic N) is 3. The molecule has 0 saturated carbocycles. The number of carbonyl (C=O) groups is 1. The average molecular weight is 367 g/mol. The van der Waals surface area contributed by atoms with E-state index >= 15 is 0 Å². The van der Waals surface area contributed by atoms with E-state index in [9.17, 15) is 9.59 Å². The number of halogens is 1. The summed E-state index contributed by atoms with van der Waals surface area (Å²) in [6.45, 7) is 0. The summed E-state index contributed by atoms with van der Waals surface area (Å²) in [5.41, 5.74) is 1.86. The lowest BCUT2D eigenvalue weighted by molar-refractivity contribution is 0.0697. The van der Waals surface area contributed by atoms with Gasteiger partial charge in [-0.15, -0.1) is 0 Å². The first-order chi connectivity index (χ1) is 12.5. The number of aromatic amines is 1. The molecule has 26 heavy (non-hydrogen) atoms. The molecule has 2 aromatic carbocycles. The number of carboxylic acids is 1. The molecule has 2 N–H and O–H groups in total. The number of aromatic nitrogens is 4. The molecule has 0 spiro atoms. The lowest BCUT2D eigenvalue weighted by Crippen LogP contribution is -2.14. The Morgan fingerprint density at radius 1 is 1.15 bits per heavy atom. The summed E-state index contributed by atoms with van der Waals surface area (Å²) >= 11 is 6.03. The number of hydrogen-bond acceptors (Lipinski definition) is 4. The van der Waals surface area contributed by atoms with Gasteiger partial charge in [0.25, 0.3) is 5.56 Å². The van der Waals surface area contributed by atoms with Gasteiger partial charge < -0.3 is 5.11 Å². The summed E-state index contributed by atoms with van der Waals surface area (Å²) in [4.78, 5) is 30.4. The molecule has 0 unspecified atom stereocenters. The Balaban J connectivity index is 1.82. The summed E-state index contributed by atoms with van der Waals surface area (Å²) in [6, 6.07) is 12.6. The van der Waals surface area contributed by atoms with E-state index < -0.39 is 5.97 Å². The van der Waals surface area contributed by atoms with Crippen molar-refractivity contribution in [2.45, 2.75) is 0 Å². The highest BCUT2D eigenvalue weighted by atomic mass is 35.5. The average Bonchev–Trinajstić information content (AvgIpc) is 3.12. The molecule has 2 aromatic heterocycles. The molecule has 0 fully saturated rings. The van der Waals surface area contributed by atoms with Crippen molar-refractivity contribution < 1.29 is 9.90 Å². The van der Waals surface area contributed by atoms with Gasteiger partial charge in [0.05, 0.1) is 22.7 Å². The number of rotatable bonds is 3. The number of fused-ring (bicyclic) bond motifs is 1. The van der Waals surface area contributed by atoms with Crippen molar-refractivity contribution in [2.24, 2.45) is 0 Å². The van der Waals surface area contributed by atoms with Crippen LogP contribution in [0.15, 0.2) is 59.7 Å². The van der Waals surface area contributed by atoms with E-state index in [1.54, 1.807) is 18.2 Å². The summed E-state index contributed by atoms with van der Waals surface area (Å²) in [5, 5.41) is 13.9. The quantitative estimate of drug-likeness (QED) is 0.580. The molecular weight excluding hydrogens is 356 g/mol. The Bertz CT molecular complexity index is 1210. The maximum Gasteiger partial charge on any atom is 0.338 e. The molecule has 0 aliphatic heterocycles. The van der Waals surface area contributed by atoms with Gasteiger partial charge in [-0.2, -0.15) is 5.10 Å². The Labute approximate surface area is 151 Å². The maximum atomic E-state index is 12.5. The van der Waals surface area contributed by atoms with Crippen LogP contribution in [0.4, 0.5) is 0 Å². The zero-order valence-electron chi connectivity index (χ0n) is 13.2. The third-order valence-corrected chi connectivity index (χ3v) is 4.13. The van der Waals surface area contributed by atoms with E-state index in [1.165, 1.54) is 17.1 Å². The first-order valence-electron chi connectivity index (χ1n) is 7.59. The number of carboxylic acid groups (broad SMARTS) is 1. The zero-order valence-corrected chi connectivity index (χ0v) is 13.9. The second kappa shape index (κ2) is 6.12. The summed E-state index contributed by atoms with van der Waals surface area (Å²) in [7, 11) is 0. The molecule has 0 atom stereocenters. The van der Waals surface area contributed by atoms with Gasteiger partial charge in [-0.05, 0) is 35.4 Å². The van der Waals surface area contributed by atoms with Crippen LogP contribution < -0.4 is 5.56 Å². The van der Waals surface area contributed by atoms with Crippen molar-refractivity contribution in [1.82, 2.24) is 19.7 Å². The second-order valence-electron chi connectivity index (χ2n) is 5.61. The molecule has 0 aliphatic carbocycles. The number of hydrogen-bond donors (Lipinski definition) is 2. The number of H-pyrrole nitrogens is 1. The van der Waals surface area contributed by atoms with Crippen molar-refractivity contribution >= 4 is 28.5 Å². The molecule has 0 radical (unpaired) electrons. The van der Waals surface area contributed by atoms with E-state index in [-0.39, 0.29) is 17.1 Å². The van der Waals surface area contributed by atoms with E-state index in [2.05, 4.69) is 15.1 Å². The monoisotopic (exact) mass is 366 g/mol. The molecule has 0 saturated heterocycles. The minimum absolute atomic E-state index is 0.00375. The van der Waals surface area contributed by atoms with Gasteiger partial charge >= 0.3 is 5.97 Å². The Morgan fingerprint density at radius 3 is 2.69 bits per heavy atom. The van der Waals surface area contributed by atoms with Crippen LogP contribution in [-0.2, 0) is 0 Å². The smallest absolute Gasteiger partial charge is 0.338 e. The van der Waals surface area contributed by atoms with Crippen LogP contribution in [0.5, 0.6) is 0 Å². The number of nitrogens with one attached hydrogen (secondary N) is 1. The molecule has 0 bridgehead atoms. The fourth-order valence-electron chi connectivity index (χ4n) is 2.63. The third kappa shape index (κ3) is 2.84. The van der Waals surface area contributed by atoms with Gasteiger partial charge in [0.15, 0.2) is 0 Å². The highest BCUT2D eigenvalue weighted by Gasteiger charge is 2.11. The van der Waals surface area contributed by atoms with Gasteiger partial charge in [0.2, 0.25) is 5.95 Å². The van der Waals surface area contributed by atoms with E-state index in [1.807, 2.05) is 24.3 Å². The molecule has 0 aliphatic rings. The predicted molar refractivity (Wildman–Crippen MR) is 96.9 cm³/mol. The third-order valence-electron chi connectivity index (χ3n) is 3.90. The predicted octanol–water partition coefficient (Wildman–Crippen LogP) is 3.13.